The van der Waals surface area contributed by atoms with Gasteiger partial charge in [0.05, 0.1) is 6.42 Å². The van der Waals surface area contributed by atoms with Crippen LogP contribution in [0.1, 0.15) is 15.9 Å². The van der Waals surface area contributed by atoms with Crippen LogP contribution in [0.4, 0.5) is 5.69 Å². The van der Waals surface area contributed by atoms with E-state index in [0.717, 1.165) is 5.56 Å². The quantitative estimate of drug-likeness (QED) is 0.882. The average molecular weight is 260 g/mol. The van der Waals surface area contributed by atoms with Gasteiger partial charge in [-0.2, -0.15) is 11.3 Å². The predicted molar refractivity (Wildman–Crippen MR) is 71.6 cm³/mol. The van der Waals surface area contributed by atoms with Gasteiger partial charge in [0, 0.05) is 11.3 Å². The summed E-state index contributed by atoms with van der Waals surface area (Å²) in [6.45, 7) is 0. The average Bonchev–Trinajstić information content (AvgIpc) is 2.82. The molecule has 0 unspecified atom stereocenters. The number of nitrogens with two attached hydrogens (primary N) is 1. The van der Waals surface area contributed by atoms with Crippen molar-refractivity contribution in [2.24, 2.45) is 5.73 Å². The molecule has 2 amide bonds. The van der Waals surface area contributed by atoms with E-state index in [4.69, 9.17) is 5.73 Å². The number of carbonyl (C=O) groups excluding carboxylic acids is 2. The van der Waals surface area contributed by atoms with Gasteiger partial charge in [0.25, 0.3) is 0 Å². The second-order valence-corrected chi connectivity index (χ2v) is 4.58. The summed E-state index contributed by atoms with van der Waals surface area (Å²) in [5, 5.41) is 6.59. The standard InChI is InChI=1S/C13H12N2O2S/c14-13(17)10-2-1-3-11(7-10)15-12(16)6-9-4-5-18-8-9/h1-5,7-8H,6H2,(H2,14,17)(H,15,16). The lowest BCUT2D eigenvalue weighted by atomic mass is 10.2. The first-order chi connectivity index (χ1) is 8.65. The Labute approximate surface area is 108 Å². The number of primary amides is 1. The molecule has 0 radical (unpaired) electrons. The number of thiophene rings is 1. The monoisotopic (exact) mass is 260 g/mol. The van der Waals surface area contributed by atoms with Crippen LogP contribution in [0.25, 0.3) is 0 Å². The van der Waals surface area contributed by atoms with E-state index in [9.17, 15) is 9.59 Å². The number of rotatable bonds is 4. The molecule has 0 aliphatic rings. The van der Waals surface area contributed by atoms with Crippen molar-refractivity contribution in [2.75, 3.05) is 5.32 Å². The molecule has 4 nitrogen and oxygen atoms in total. The van der Waals surface area contributed by atoms with Gasteiger partial charge in [-0.05, 0) is 40.6 Å². The van der Waals surface area contributed by atoms with Gasteiger partial charge in [0.15, 0.2) is 0 Å². The van der Waals surface area contributed by atoms with E-state index in [1.807, 2.05) is 16.8 Å². The van der Waals surface area contributed by atoms with Gasteiger partial charge >= 0.3 is 0 Å². The second-order valence-electron chi connectivity index (χ2n) is 3.80. The zero-order valence-corrected chi connectivity index (χ0v) is 10.4. The summed E-state index contributed by atoms with van der Waals surface area (Å²) in [6, 6.07) is 8.48. The first-order valence-electron chi connectivity index (χ1n) is 5.36. The number of carbonyl (C=O) groups is 2. The number of amides is 2. The molecule has 2 aromatic rings. The van der Waals surface area contributed by atoms with Crippen LogP contribution in [0.5, 0.6) is 0 Å². The van der Waals surface area contributed by atoms with Crippen LogP contribution in [-0.2, 0) is 11.2 Å². The maximum atomic E-state index is 11.7. The normalized spacial score (nSPS) is 10.0. The van der Waals surface area contributed by atoms with E-state index >= 15 is 0 Å². The summed E-state index contributed by atoms with van der Waals surface area (Å²) in [6.07, 6.45) is 0.324. The summed E-state index contributed by atoms with van der Waals surface area (Å²) in [4.78, 5) is 22.7. The largest absolute Gasteiger partial charge is 0.366 e. The minimum Gasteiger partial charge on any atom is -0.366 e. The highest BCUT2D eigenvalue weighted by atomic mass is 32.1. The third kappa shape index (κ3) is 3.18. The van der Waals surface area contributed by atoms with Crippen molar-refractivity contribution in [1.82, 2.24) is 0 Å². The summed E-state index contributed by atoms with van der Waals surface area (Å²) in [7, 11) is 0. The van der Waals surface area contributed by atoms with E-state index in [0.29, 0.717) is 17.7 Å². The summed E-state index contributed by atoms with van der Waals surface area (Å²) in [5.74, 6) is -0.626. The Hall–Kier alpha value is -2.14. The van der Waals surface area contributed by atoms with E-state index < -0.39 is 5.91 Å². The van der Waals surface area contributed by atoms with Crippen molar-refractivity contribution >= 4 is 28.8 Å². The van der Waals surface area contributed by atoms with E-state index in [-0.39, 0.29) is 5.91 Å². The molecule has 1 aromatic carbocycles. The molecule has 18 heavy (non-hydrogen) atoms. The van der Waals surface area contributed by atoms with Crippen molar-refractivity contribution in [3.63, 3.8) is 0 Å². The van der Waals surface area contributed by atoms with E-state index in [1.165, 1.54) is 0 Å². The molecule has 0 aliphatic heterocycles. The van der Waals surface area contributed by atoms with Crippen molar-refractivity contribution in [3.8, 4) is 0 Å². The van der Waals surface area contributed by atoms with Gasteiger partial charge in [-0.3, -0.25) is 9.59 Å². The number of nitrogens with one attached hydrogen (secondary N) is 1. The molecule has 2 rings (SSSR count). The highest BCUT2D eigenvalue weighted by Gasteiger charge is 2.06. The number of benzene rings is 1. The summed E-state index contributed by atoms with van der Waals surface area (Å²) in [5.41, 5.74) is 7.10. The first kappa shape index (κ1) is 12.3. The van der Waals surface area contributed by atoms with Gasteiger partial charge in [-0.25, -0.2) is 0 Å². The Morgan fingerprint density at radius 3 is 2.78 bits per heavy atom. The summed E-state index contributed by atoms with van der Waals surface area (Å²) >= 11 is 1.55. The maximum Gasteiger partial charge on any atom is 0.248 e. The molecule has 0 fully saturated rings. The van der Waals surface area contributed by atoms with Crippen LogP contribution < -0.4 is 11.1 Å². The zero-order chi connectivity index (χ0) is 13.0. The van der Waals surface area contributed by atoms with Crippen LogP contribution in [0, 0.1) is 0 Å². The third-order valence-electron chi connectivity index (χ3n) is 2.38. The molecule has 1 heterocycles. The third-order valence-corrected chi connectivity index (χ3v) is 3.11. The van der Waals surface area contributed by atoms with Gasteiger partial charge in [0.2, 0.25) is 11.8 Å². The lowest BCUT2D eigenvalue weighted by Crippen LogP contribution is -2.15. The SMILES string of the molecule is NC(=O)c1cccc(NC(=O)Cc2ccsc2)c1. The highest BCUT2D eigenvalue weighted by molar-refractivity contribution is 7.08. The lowest BCUT2D eigenvalue weighted by molar-refractivity contribution is -0.115. The molecule has 92 valence electrons. The fourth-order valence-corrected chi connectivity index (χ4v) is 2.20. The topological polar surface area (TPSA) is 72.2 Å². The molecule has 0 saturated heterocycles. The molecule has 0 spiro atoms. The van der Waals surface area contributed by atoms with Crippen LogP contribution in [0.15, 0.2) is 41.1 Å². The molecule has 3 N–H and O–H groups in total. The second kappa shape index (κ2) is 5.46. The van der Waals surface area contributed by atoms with Crippen molar-refractivity contribution in [1.29, 1.82) is 0 Å². The van der Waals surface area contributed by atoms with Gasteiger partial charge in [-0.15, -0.1) is 0 Å². The van der Waals surface area contributed by atoms with Gasteiger partial charge < -0.3 is 11.1 Å². The summed E-state index contributed by atoms with van der Waals surface area (Å²) < 4.78 is 0. The van der Waals surface area contributed by atoms with Crippen molar-refractivity contribution < 1.29 is 9.59 Å². The lowest BCUT2D eigenvalue weighted by Gasteiger charge is -2.05. The van der Waals surface area contributed by atoms with Crippen molar-refractivity contribution in [2.45, 2.75) is 6.42 Å². The number of hydrogen-bond acceptors (Lipinski definition) is 3. The minimum atomic E-state index is -0.510. The van der Waals surface area contributed by atoms with Gasteiger partial charge in [0.1, 0.15) is 0 Å². The molecule has 0 bridgehead atoms. The Kier molecular flexibility index (Phi) is 3.74. The molecular formula is C13H12N2O2S. The van der Waals surface area contributed by atoms with Crippen molar-refractivity contribution in [3.05, 3.63) is 52.2 Å². The van der Waals surface area contributed by atoms with Crippen LogP contribution in [0.3, 0.4) is 0 Å². The Bertz CT molecular complexity index is 564. The van der Waals surface area contributed by atoms with Gasteiger partial charge in [-0.1, -0.05) is 6.07 Å². The van der Waals surface area contributed by atoms with Crippen LogP contribution >= 0.6 is 11.3 Å². The number of hydrogen-bond donors (Lipinski definition) is 2. The highest BCUT2D eigenvalue weighted by Crippen LogP contribution is 2.12. The Morgan fingerprint density at radius 1 is 1.28 bits per heavy atom. The predicted octanol–water partition coefficient (Wildman–Crippen LogP) is 2.03. The fourth-order valence-electron chi connectivity index (χ4n) is 1.53. The molecule has 0 saturated carbocycles. The Balaban J connectivity index is 2.03. The molecule has 0 aliphatic carbocycles. The Morgan fingerprint density at radius 2 is 2.11 bits per heavy atom. The van der Waals surface area contributed by atoms with E-state index in [2.05, 4.69) is 5.32 Å². The van der Waals surface area contributed by atoms with Crippen LogP contribution in [0.2, 0.25) is 0 Å². The smallest absolute Gasteiger partial charge is 0.248 e. The molecule has 0 atom stereocenters. The fraction of sp³-hybridized carbons (Fsp3) is 0.0769. The maximum absolute atomic E-state index is 11.7. The molecular weight excluding hydrogens is 248 g/mol. The minimum absolute atomic E-state index is 0.116. The number of anilines is 1. The van der Waals surface area contributed by atoms with E-state index in [1.54, 1.807) is 35.6 Å². The first-order valence-corrected chi connectivity index (χ1v) is 6.30. The zero-order valence-electron chi connectivity index (χ0n) is 9.55. The molecule has 1 aromatic heterocycles. The van der Waals surface area contributed by atoms with Crippen LogP contribution in [-0.4, -0.2) is 11.8 Å². The molecule has 5 heteroatoms.